The Labute approximate surface area is 123 Å². The monoisotopic (exact) mass is 276 g/mol. The van der Waals surface area contributed by atoms with Crippen LogP contribution in [0.4, 0.5) is 5.69 Å². The first-order valence-electron chi connectivity index (χ1n) is 7.66. The summed E-state index contributed by atoms with van der Waals surface area (Å²) in [5.41, 5.74) is 2.46. The van der Waals surface area contributed by atoms with Crippen LogP contribution >= 0.6 is 0 Å². The molecule has 1 atom stereocenters. The van der Waals surface area contributed by atoms with E-state index in [0.717, 1.165) is 18.8 Å². The summed E-state index contributed by atoms with van der Waals surface area (Å²) < 4.78 is 0. The average Bonchev–Trinajstić information content (AvgIpc) is 2.84. The molecule has 1 aliphatic heterocycles. The Hall–Kier alpha value is -1.13. The fourth-order valence-corrected chi connectivity index (χ4v) is 2.84. The van der Waals surface area contributed by atoms with E-state index in [9.17, 15) is 0 Å². The molecule has 20 heavy (non-hydrogen) atoms. The van der Waals surface area contributed by atoms with Crippen LogP contribution < -0.4 is 10.2 Å². The maximum Gasteiger partial charge on any atom is 0.0562 e. The molecule has 0 radical (unpaired) electrons. The van der Waals surface area contributed by atoms with Crippen LogP contribution in [0.2, 0.25) is 0 Å². The quantitative estimate of drug-likeness (QED) is 0.862. The van der Waals surface area contributed by atoms with Crippen molar-refractivity contribution < 1.29 is 0 Å². The largest absolute Gasteiger partial charge is 0.367 e. The Balaban J connectivity index is 2.05. The van der Waals surface area contributed by atoms with Gasteiger partial charge in [0.05, 0.1) is 5.69 Å². The highest BCUT2D eigenvalue weighted by Gasteiger charge is 2.25. The fraction of sp³-hybridized carbons (Fsp3) is 0.688. The van der Waals surface area contributed by atoms with Crippen molar-refractivity contribution in [1.29, 1.82) is 0 Å². The summed E-state index contributed by atoms with van der Waals surface area (Å²) in [6.07, 6.45) is 4.53. The lowest BCUT2D eigenvalue weighted by Gasteiger charge is -2.29. The van der Waals surface area contributed by atoms with Gasteiger partial charge in [0, 0.05) is 43.6 Å². The third-order valence-corrected chi connectivity index (χ3v) is 3.78. The molecule has 1 aromatic heterocycles. The number of pyridine rings is 1. The van der Waals surface area contributed by atoms with E-state index in [1.165, 1.54) is 25.1 Å². The van der Waals surface area contributed by atoms with Gasteiger partial charge < -0.3 is 15.1 Å². The van der Waals surface area contributed by atoms with E-state index in [4.69, 9.17) is 0 Å². The molecule has 0 saturated carbocycles. The van der Waals surface area contributed by atoms with Crippen molar-refractivity contribution in [3.8, 4) is 0 Å². The molecule has 1 aliphatic rings. The highest BCUT2D eigenvalue weighted by molar-refractivity contribution is 5.48. The van der Waals surface area contributed by atoms with E-state index in [1.807, 2.05) is 6.20 Å². The van der Waals surface area contributed by atoms with Gasteiger partial charge in [-0.3, -0.25) is 4.98 Å². The lowest BCUT2D eigenvalue weighted by Crippen LogP contribution is -2.37. The number of anilines is 1. The van der Waals surface area contributed by atoms with E-state index < -0.39 is 0 Å². The topological polar surface area (TPSA) is 31.4 Å². The molecule has 0 aliphatic carbocycles. The van der Waals surface area contributed by atoms with Crippen LogP contribution in [0.15, 0.2) is 18.3 Å². The molecule has 0 bridgehead atoms. The molecule has 112 valence electrons. The van der Waals surface area contributed by atoms with Gasteiger partial charge in [0.25, 0.3) is 0 Å². The molecular weight excluding hydrogens is 248 g/mol. The summed E-state index contributed by atoms with van der Waals surface area (Å²) in [4.78, 5) is 9.29. The van der Waals surface area contributed by atoms with Gasteiger partial charge in [-0.2, -0.15) is 0 Å². The number of likely N-dealkylation sites (N-methyl/N-ethyl adjacent to an activating group) is 1. The SMILES string of the molecule is CC(C)NCc1cc(N2CCCC2CN(C)C)ccn1. The zero-order chi connectivity index (χ0) is 14.5. The maximum absolute atomic E-state index is 4.47. The smallest absolute Gasteiger partial charge is 0.0562 e. The Kier molecular flexibility index (Phi) is 5.38. The van der Waals surface area contributed by atoms with Crippen LogP contribution in [0.1, 0.15) is 32.4 Å². The summed E-state index contributed by atoms with van der Waals surface area (Å²) in [5, 5.41) is 3.43. The van der Waals surface area contributed by atoms with E-state index in [0.29, 0.717) is 12.1 Å². The molecule has 0 spiro atoms. The molecule has 4 heteroatoms. The average molecular weight is 276 g/mol. The molecule has 1 fully saturated rings. The first-order chi connectivity index (χ1) is 9.56. The molecule has 2 rings (SSSR count). The molecule has 2 heterocycles. The van der Waals surface area contributed by atoms with Crippen molar-refractivity contribution in [2.75, 3.05) is 32.1 Å². The molecule has 1 saturated heterocycles. The minimum absolute atomic E-state index is 0.494. The lowest BCUT2D eigenvalue weighted by molar-refractivity contribution is 0.372. The standard InChI is InChI=1S/C16H28N4/c1-13(2)18-11-14-10-15(7-8-17-14)20-9-5-6-16(20)12-19(3)4/h7-8,10,13,16,18H,5-6,9,11-12H2,1-4H3. The van der Waals surface area contributed by atoms with Crippen LogP contribution in [-0.2, 0) is 6.54 Å². The number of nitrogens with zero attached hydrogens (tertiary/aromatic N) is 3. The maximum atomic E-state index is 4.47. The number of aromatic nitrogens is 1. The van der Waals surface area contributed by atoms with E-state index in [2.05, 4.69) is 60.2 Å². The minimum Gasteiger partial charge on any atom is -0.367 e. The predicted octanol–water partition coefficient (Wildman–Crippen LogP) is 2.11. The van der Waals surface area contributed by atoms with Gasteiger partial charge in [-0.1, -0.05) is 13.8 Å². The Morgan fingerprint density at radius 2 is 2.25 bits per heavy atom. The van der Waals surface area contributed by atoms with Gasteiger partial charge in [0.1, 0.15) is 0 Å². The number of hydrogen-bond donors (Lipinski definition) is 1. The van der Waals surface area contributed by atoms with Crippen molar-refractivity contribution in [2.24, 2.45) is 0 Å². The van der Waals surface area contributed by atoms with Gasteiger partial charge in [-0.15, -0.1) is 0 Å². The predicted molar refractivity (Wildman–Crippen MR) is 85.1 cm³/mol. The van der Waals surface area contributed by atoms with Crippen molar-refractivity contribution in [3.63, 3.8) is 0 Å². The Morgan fingerprint density at radius 1 is 1.45 bits per heavy atom. The van der Waals surface area contributed by atoms with E-state index in [-0.39, 0.29) is 0 Å². The molecule has 4 nitrogen and oxygen atoms in total. The summed E-state index contributed by atoms with van der Waals surface area (Å²) in [7, 11) is 4.31. The second kappa shape index (κ2) is 7.04. The summed E-state index contributed by atoms with van der Waals surface area (Å²) >= 11 is 0. The van der Waals surface area contributed by atoms with E-state index in [1.54, 1.807) is 0 Å². The number of rotatable bonds is 6. The second-order valence-electron chi connectivity index (χ2n) is 6.29. The van der Waals surface area contributed by atoms with Crippen molar-refractivity contribution in [3.05, 3.63) is 24.0 Å². The number of nitrogens with one attached hydrogen (secondary N) is 1. The number of hydrogen-bond acceptors (Lipinski definition) is 4. The van der Waals surface area contributed by atoms with Gasteiger partial charge in [0.15, 0.2) is 0 Å². The Morgan fingerprint density at radius 3 is 2.95 bits per heavy atom. The molecule has 1 N–H and O–H groups in total. The summed E-state index contributed by atoms with van der Waals surface area (Å²) in [6.45, 7) is 7.47. The van der Waals surface area contributed by atoms with Crippen LogP contribution in [0.25, 0.3) is 0 Å². The van der Waals surface area contributed by atoms with E-state index >= 15 is 0 Å². The Bertz CT molecular complexity index is 417. The van der Waals surface area contributed by atoms with Crippen LogP contribution in [0, 0.1) is 0 Å². The molecule has 0 amide bonds. The van der Waals surface area contributed by atoms with Gasteiger partial charge in [0.2, 0.25) is 0 Å². The molecule has 0 aromatic carbocycles. The van der Waals surface area contributed by atoms with Gasteiger partial charge in [-0.05, 0) is 39.1 Å². The van der Waals surface area contributed by atoms with Gasteiger partial charge in [-0.25, -0.2) is 0 Å². The summed E-state index contributed by atoms with van der Waals surface area (Å²) in [6, 6.07) is 5.52. The third kappa shape index (κ3) is 4.18. The minimum atomic E-state index is 0.494. The zero-order valence-corrected chi connectivity index (χ0v) is 13.3. The first kappa shape index (κ1) is 15.3. The zero-order valence-electron chi connectivity index (χ0n) is 13.3. The third-order valence-electron chi connectivity index (χ3n) is 3.78. The van der Waals surface area contributed by atoms with Crippen LogP contribution in [0.3, 0.4) is 0 Å². The van der Waals surface area contributed by atoms with Crippen molar-refractivity contribution >= 4 is 5.69 Å². The first-order valence-corrected chi connectivity index (χ1v) is 7.66. The normalized spacial score (nSPS) is 19.3. The highest BCUT2D eigenvalue weighted by atomic mass is 15.2. The van der Waals surface area contributed by atoms with Crippen LogP contribution in [-0.4, -0.2) is 49.2 Å². The second-order valence-corrected chi connectivity index (χ2v) is 6.29. The van der Waals surface area contributed by atoms with Gasteiger partial charge >= 0.3 is 0 Å². The molecule has 1 aromatic rings. The van der Waals surface area contributed by atoms with Crippen LogP contribution in [0.5, 0.6) is 0 Å². The van der Waals surface area contributed by atoms with Crippen molar-refractivity contribution in [1.82, 2.24) is 15.2 Å². The fourth-order valence-electron chi connectivity index (χ4n) is 2.84. The van der Waals surface area contributed by atoms with Crippen molar-refractivity contribution in [2.45, 2.75) is 45.3 Å². The molecular formula is C16H28N4. The molecule has 1 unspecified atom stereocenters. The highest BCUT2D eigenvalue weighted by Crippen LogP contribution is 2.26. The lowest BCUT2D eigenvalue weighted by atomic mass is 10.2. The summed E-state index contributed by atoms with van der Waals surface area (Å²) in [5.74, 6) is 0.